The number of pyridine rings is 1. The van der Waals surface area contributed by atoms with Crippen LogP contribution in [0.2, 0.25) is 5.15 Å². The molecule has 2 heterocycles. The summed E-state index contributed by atoms with van der Waals surface area (Å²) in [6.45, 7) is 0. The Hall–Kier alpha value is -1.46. The van der Waals surface area contributed by atoms with Crippen LogP contribution in [0.25, 0.3) is 10.6 Å². The fraction of sp³-hybridized carbons (Fsp3) is 0.400. The summed E-state index contributed by atoms with van der Waals surface area (Å²) >= 11 is 7.66. The molecule has 21 heavy (non-hydrogen) atoms. The predicted octanol–water partition coefficient (Wildman–Crippen LogP) is 4.01. The Bertz CT molecular complexity index is 638. The number of anilines is 1. The van der Waals surface area contributed by atoms with Gasteiger partial charge in [0.05, 0.1) is 0 Å². The molecule has 0 radical (unpaired) electrons. The quantitative estimate of drug-likeness (QED) is 0.858. The number of aromatic nitrogens is 2. The van der Waals surface area contributed by atoms with Crippen molar-refractivity contribution in [2.75, 3.05) is 11.9 Å². The Morgan fingerprint density at radius 1 is 1.43 bits per heavy atom. The third kappa shape index (κ3) is 2.94. The highest BCUT2D eigenvalue weighted by atomic mass is 35.5. The Morgan fingerprint density at radius 2 is 2.19 bits per heavy atom. The van der Waals surface area contributed by atoms with Gasteiger partial charge in [0.2, 0.25) is 5.91 Å². The summed E-state index contributed by atoms with van der Waals surface area (Å²) in [5, 5.41) is 1.88. The van der Waals surface area contributed by atoms with Gasteiger partial charge in [-0.25, -0.2) is 4.98 Å². The van der Waals surface area contributed by atoms with Gasteiger partial charge in [0, 0.05) is 30.9 Å². The minimum Gasteiger partial charge on any atom is -0.304 e. The van der Waals surface area contributed by atoms with Crippen molar-refractivity contribution >= 4 is 33.8 Å². The van der Waals surface area contributed by atoms with Gasteiger partial charge in [-0.15, -0.1) is 0 Å². The van der Waals surface area contributed by atoms with Crippen LogP contribution in [-0.4, -0.2) is 22.9 Å². The zero-order valence-corrected chi connectivity index (χ0v) is 13.3. The highest BCUT2D eigenvalue weighted by Crippen LogP contribution is 2.38. The lowest BCUT2D eigenvalue weighted by Gasteiger charge is -2.19. The first kappa shape index (κ1) is 14.5. The number of carbonyl (C=O) groups excluding carboxylic acids is 1. The van der Waals surface area contributed by atoms with Crippen molar-refractivity contribution in [3.63, 3.8) is 0 Å². The number of halogens is 1. The summed E-state index contributed by atoms with van der Waals surface area (Å²) < 4.78 is 0. The Balaban J connectivity index is 1.85. The Labute approximate surface area is 132 Å². The number of carbonyl (C=O) groups is 1. The van der Waals surface area contributed by atoms with E-state index in [0.29, 0.717) is 10.2 Å². The van der Waals surface area contributed by atoms with E-state index < -0.39 is 0 Å². The maximum atomic E-state index is 12.5. The van der Waals surface area contributed by atoms with Crippen LogP contribution in [0.4, 0.5) is 5.00 Å². The minimum absolute atomic E-state index is 0.134. The van der Waals surface area contributed by atoms with E-state index in [2.05, 4.69) is 9.97 Å². The van der Waals surface area contributed by atoms with Crippen LogP contribution in [0.15, 0.2) is 24.5 Å². The lowest BCUT2D eigenvalue weighted by molar-refractivity contribution is -0.121. The lowest BCUT2D eigenvalue weighted by atomic mass is 10.1. The molecular weight excluding hydrogens is 306 g/mol. The molecular formula is C15H16ClN3OS. The van der Waals surface area contributed by atoms with Crippen molar-refractivity contribution in [2.24, 2.45) is 5.92 Å². The number of nitrogens with zero attached hydrogens (tertiary/aromatic N) is 3. The molecule has 0 bridgehead atoms. The molecule has 0 aromatic carbocycles. The van der Waals surface area contributed by atoms with Crippen molar-refractivity contribution in [1.29, 1.82) is 0 Å². The molecule has 1 amide bonds. The Morgan fingerprint density at radius 3 is 2.86 bits per heavy atom. The van der Waals surface area contributed by atoms with Crippen LogP contribution in [-0.2, 0) is 4.79 Å². The second-order valence-electron chi connectivity index (χ2n) is 5.24. The van der Waals surface area contributed by atoms with Gasteiger partial charge >= 0.3 is 0 Å². The van der Waals surface area contributed by atoms with E-state index in [1.807, 2.05) is 12.1 Å². The summed E-state index contributed by atoms with van der Waals surface area (Å²) in [6, 6.07) is 3.79. The molecule has 1 fully saturated rings. The third-order valence-electron chi connectivity index (χ3n) is 3.82. The monoisotopic (exact) mass is 321 g/mol. The van der Waals surface area contributed by atoms with Crippen LogP contribution in [0.1, 0.15) is 25.7 Å². The zero-order valence-electron chi connectivity index (χ0n) is 11.8. The molecule has 6 heteroatoms. The highest BCUT2D eigenvalue weighted by Gasteiger charge is 2.28. The fourth-order valence-electron chi connectivity index (χ4n) is 2.66. The maximum absolute atomic E-state index is 12.5. The molecule has 1 aliphatic rings. The first-order valence-electron chi connectivity index (χ1n) is 7.01. The van der Waals surface area contributed by atoms with Gasteiger partial charge in [-0.3, -0.25) is 9.78 Å². The zero-order chi connectivity index (χ0) is 14.8. The van der Waals surface area contributed by atoms with Gasteiger partial charge < -0.3 is 4.90 Å². The molecule has 1 aliphatic carbocycles. The molecule has 0 aliphatic heterocycles. The SMILES string of the molecule is CN(C(=O)C1CCCC1)c1sc(-c2cccnc2)nc1Cl. The van der Waals surface area contributed by atoms with Crippen LogP contribution in [0, 0.1) is 5.92 Å². The summed E-state index contributed by atoms with van der Waals surface area (Å²) in [4.78, 5) is 22.6. The van der Waals surface area contributed by atoms with Gasteiger partial charge in [-0.1, -0.05) is 35.8 Å². The van der Waals surface area contributed by atoms with Crippen LogP contribution >= 0.6 is 22.9 Å². The van der Waals surface area contributed by atoms with Gasteiger partial charge in [0.25, 0.3) is 0 Å². The molecule has 2 aromatic heterocycles. The van der Waals surface area contributed by atoms with Crippen molar-refractivity contribution in [3.05, 3.63) is 29.7 Å². The second kappa shape index (κ2) is 6.12. The molecule has 4 nitrogen and oxygen atoms in total. The number of hydrogen-bond acceptors (Lipinski definition) is 4. The molecule has 110 valence electrons. The molecule has 0 atom stereocenters. The van der Waals surface area contributed by atoms with Crippen molar-refractivity contribution in [1.82, 2.24) is 9.97 Å². The highest BCUT2D eigenvalue weighted by molar-refractivity contribution is 7.19. The van der Waals surface area contributed by atoms with Crippen molar-refractivity contribution in [2.45, 2.75) is 25.7 Å². The molecule has 0 unspecified atom stereocenters. The van der Waals surface area contributed by atoms with E-state index >= 15 is 0 Å². The van der Waals surface area contributed by atoms with Gasteiger partial charge in [0.1, 0.15) is 10.0 Å². The average Bonchev–Trinajstić information content (AvgIpc) is 3.16. The normalized spacial score (nSPS) is 15.3. The van der Waals surface area contributed by atoms with Crippen LogP contribution < -0.4 is 4.90 Å². The van der Waals surface area contributed by atoms with E-state index in [9.17, 15) is 4.79 Å². The fourth-order valence-corrected chi connectivity index (χ4v) is 3.95. The summed E-state index contributed by atoms with van der Waals surface area (Å²) in [7, 11) is 1.78. The average molecular weight is 322 g/mol. The molecule has 0 N–H and O–H groups in total. The maximum Gasteiger partial charge on any atom is 0.230 e. The lowest BCUT2D eigenvalue weighted by Crippen LogP contribution is -2.31. The van der Waals surface area contributed by atoms with Gasteiger partial charge in [-0.2, -0.15) is 0 Å². The first-order valence-corrected chi connectivity index (χ1v) is 8.20. The first-order chi connectivity index (χ1) is 10.2. The largest absolute Gasteiger partial charge is 0.304 e. The van der Waals surface area contributed by atoms with E-state index in [4.69, 9.17) is 11.6 Å². The van der Waals surface area contributed by atoms with E-state index in [0.717, 1.165) is 36.3 Å². The van der Waals surface area contributed by atoms with Gasteiger partial charge in [0.15, 0.2) is 5.15 Å². The van der Waals surface area contributed by atoms with Crippen molar-refractivity contribution < 1.29 is 4.79 Å². The summed E-state index contributed by atoms with van der Waals surface area (Å²) in [5.41, 5.74) is 0.914. The molecule has 1 saturated carbocycles. The second-order valence-corrected chi connectivity index (χ2v) is 6.57. The van der Waals surface area contributed by atoms with Crippen molar-refractivity contribution in [3.8, 4) is 10.6 Å². The standard InChI is InChI=1S/C15H16ClN3OS/c1-19(14(20)10-5-2-3-6-10)15-12(16)18-13(21-15)11-7-4-8-17-9-11/h4,7-10H,2-3,5-6H2,1H3. The number of thiazole rings is 1. The van der Waals surface area contributed by atoms with E-state index in [-0.39, 0.29) is 11.8 Å². The Kier molecular flexibility index (Phi) is 4.22. The smallest absolute Gasteiger partial charge is 0.230 e. The number of hydrogen-bond donors (Lipinski definition) is 0. The van der Waals surface area contributed by atoms with Gasteiger partial charge in [-0.05, 0) is 25.0 Å². The third-order valence-corrected chi connectivity index (χ3v) is 5.37. The molecule has 2 aromatic rings. The van der Waals surface area contributed by atoms with Crippen LogP contribution in [0.5, 0.6) is 0 Å². The topological polar surface area (TPSA) is 46.1 Å². The van der Waals surface area contributed by atoms with E-state index in [1.165, 1.54) is 11.3 Å². The number of amides is 1. The summed E-state index contributed by atoms with van der Waals surface area (Å²) in [6.07, 6.45) is 7.71. The minimum atomic E-state index is 0.134. The van der Waals surface area contributed by atoms with Crippen LogP contribution in [0.3, 0.4) is 0 Å². The molecule has 0 spiro atoms. The predicted molar refractivity (Wildman–Crippen MR) is 85.7 cm³/mol. The summed E-state index contributed by atoms with van der Waals surface area (Å²) in [5.74, 6) is 0.283. The van der Waals surface area contributed by atoms with E-state index in [1.54, 1.807) is 24.3 Å². The molecule has 3 rings (SSSR count). The molecule has 0 saturated heterocycles. The number of rotatable bonds is 3.